The van der Waals surface area contributed by atoms with Crippen LogP contribution in [-0.2, 0) is 22.5 Å². The van der Waals surface area contributed by atoms with E-state index in [0.29, 0.717) is 19.7 Å². The van der Waals surface area contributed by atoms with E-state index in [1.807, 2.05) is 12.1 Å². The molecule has 1 heterocycles. The van der Waals surface area contributed by atoms with E-state index in [9.17, 15) is 4.79 Å². The third kappa shape index (κ3) is 4.11. The smallest absolute Gasteiger partial charge is 0.234 e. The molecule has 0 saturated carbocycles. The molecule has 0 bridgehead atoms. The zero-order valence-corrected chi connectivity index (χ0v) is 13.5. The number of carbonyl (C=O) groups excluding carboxylic acids is 1. The first kappa shape index (κ1) is 16.6. The Morgan fingerprint density at radius 3 is 2.50 bits per heavy atom. The third-order valence-electron chi connectivity index (χ3n) is 3.79. The molecule has 1 aliphatic heterocycles. The van der Waals surface area contributed by atoms with Crippen LogP contribution in [0.3, 0.4) is 0 Å². The predicted molar refractivity (Wildman–Crippen MR) is 83.4 cm³/mol. The van der Waals surface area contributed by atoms with Crippen molar-refractivity contribution in [1.82, 2.24) is 10.2 Å². The molecule has 0 unspecified atom stereocenters. The lowest BCUT2D eigenvalue weighted by Gasteiger charge is -2.29. The van der Waals surface area contributed by atoms with Crippen molar-refractivity contribution in [2.75, 3.05) is 47.6 Å². The van der Waals surface area contributed by atoms with Gasteiger partial charge in [0.05, 0.1) is 27.4 Å². The number of methoxy groups -OCH3 is 3. The fourth-order valence-corrected chi connectivity index (χ4v) is 2.63. The van der Waals surface area contributed by atoms with E-state index >= 15 is 0 Å². The molecule has 1 amide bonds. The van der Waals surface area contributed by atoms with Gasteiger partial charge in [-0.05, 0) is 29.7 Å². The first-order valence-electron chi connectivity index (χ1n) is 7.39. The van der Waals surface area contributed by atoms with E-state index in [4.69, 9.17) is 14.2 Å². The largest absolute Gasteiger partial charge is 0.493 e. The van der Waals surface area contributed by atoms with Gasteiger partial charge in [-0.25, -0.2) is 0 Å². The molecular weight excluding hydrogens is 284 g/mol. The highest BCUT2D eigenvalue weighted by Gasteiger charge is 2.20. The quantitative estimate of drug-likeness (QED) is 0.756. The molecule has 1 N–H and O–H groups in total. The molecule has 1 aliphatic rings. The first-order valence-corrected chi connectivity index (χ1v) is 7.39. The molecule has 1 aromatic rings. The highest BCUT2D eigenvalue weighted by atomic mass is 16.5. The summed E-state index contributed by atoms with van der Waals surface area (Å²) >= 11 is 0. The standard InChI is InChI=1S/C16H24N2O4/c1-20-7-5-17-16(19)11-18-6-4-12-8-14(21-2)15(22-3)9-13(12)10-18/h8-9H,4-7,10-11H2,1-3H3,(H,17,19). The van der Waals surface area contributed by atoms with Gasteiger partial charge in [-0.15, -0.1) is 0 Å². The summed E-state index contributed by atoms with van der Waals surface area (Å²) in [4.78, 5) is 14.0. The Labute approximate surface area is 131 Å². The second kappa shape index (κ2) is 8.00. The summed E-state index contributed by atoms with van der Waals surface area (Å²) in [6.45, 7) is 3.08. The van der Waals surface area contributed by atoms with Crippen LogP contribution < -0.4 is 14.8 Å². The van der Waals surface area contributed by atoms with Gasteiger partial charge >= 0.3 is 0 Å². The average molecular weight is 308 g/mol. The topological polar surface area (TPSA) is 60.0 Å². The SMILES string of the molecule is COCCNC(=O)CN1CCc2cc(OC)c(OC)cc2C1. The highest BCUT2D eigenvalue weighted by molar-refractivity contribution is 5.78. The number of fused-ring (bicyclic) bond motifs is 1. The van der Waals surface area contributed by atoms with E-state index in [2.05, 4.69) is 10.2 Å². The molecule has 6 nitrogen and oxygen atoms in total. The normalized spacial score (nSPS) is 14.3. The lowest BCUT2D eigenvalue weighted by Crippen LogP contribution is -2.40. The average Bonchev–Trinajstić information content (AvgIpc) is 2.53. The molecule has 0 radical (unpaired) electrons. The molecule has 0 saturated heterocycles. The molecule has 1 aromatic carbocycles. The summed E-state index contributed by atoms with van der Waals surface area (Å²) in [6, 6.07) is 4.04. The van der Waals surface area contributed by atoms with Gasteiger partial charge in [0.15, 0.2) is 11.5 Å². The Kier molecular flexibility index (Phi) is 6.03. The molecule has 0 aliphatic carbocycles. The lowest BCUT2D eigenvalue weighted by atomic mass is 9.99. The van der Waals surface area contributed by atoms with Gasteiger partial charge in [-0.2, -0.15) is 0 Å². The second-order valence-corrected chi connectivity index (χ2v) is 5.28. The van der Waals surface area contributed by atoms with Crippen molar-refractivity contribution in [2.45, 2.75) is 13.0 Å². The minimum atomic E-state index is 0.0287. The number of carbonyl (C=O) groups is 1. The number of ether oxygens (including phenoxy) is 3. The highest BCUT2D eigenvalue weighted by Crippen LogP contribution is 2.33. The monoisotopic (exact) mass is 308 g/mol. The Balaban J connectivity index is 1.97. The molecule has 22 heavy (non-hydrogen) atoms. The summed E-state index contributed by atoms with van der Waals surface area (Å²) in [5.74, 6) is 1.51. The Morgan fingerprint density at radius 1 is 1.18 bits per heavy atom. The van der Waals surface area contributed by atoms with Crippen molar-refractivity contribution < 1.29 is 19.0 Å². The van der Waals surface area contributed by atoms with Crippen molar-refractivity contribution in [2.24, 2.45) is 0 Å². The maximum Gasteiger partial charge on any atom is 0.234 e. The number of nitrogens with one attached hydrogen (secondary N) is 1. The number of hydrogen-bond acceptors (Lipinski definition) is 5. The Hall–Kier alpha value is -1.79. The molecule has 0 spiro atoms. The van der Waals surface area contributed by atoms with Gasteiger partial charge in [0.1, 0.15) is 0 Å². The number of amides is 1. The van der Waals surface area contributed by atoms with Crippen LogP contribution in [0, 0.1) is 0 Å². The van der Waals surface area contributed by atoms with Gasteiger partial charge in [0.2, 0.25) is 5.91 Å². The van der Waals surface area contributed by atoms with E-state index in [1.54, 1.807) is 21.3 Å². The van der Waals surface area contributed by atoms with Crippen LogP contribution in [0.5, 0.6) is 11.5 Å². The zero-order chi connectivity index (χ0) is 15.9. The molecule has 0 aromatic heterocycles. The van der Waals surface area contributed by atoms with Gasteiger partial charge < -0.3 is 19.5 Å². The molecule has 2 rings (SSSR count). The second-order valence-electron chi connectivity index (χ2n) is 5.28. The number of hydrogen-bond donors (Lipinski definition) is 1. The van der Waals surface area contributed by atoms with Crippen LogP contribution in [0.1, 0.15) is 11.1 Å². The summed E-state index contributed by atoms with van der Waals surface area (Å²) in [6.07, 6.45) is 0.904. The summed E-state index contributed by atoms with van der Waals surface area (Å²) in [7, 11) is 4.90. The van der Waals surface area contributed by atoms with E-state index in [0.717, 1.165) is 31.0 Å². The molecule has 6 heteroatoms. The molecule has 0 atom stereocenters. The van der Waals surface area contributed by atoms with Crippen LogP contribution in [0.2, 0.25) is 0 Å². The summed E-state index contributed by atoms with van der Waals surface area (Å²) < 4.78 is 15.6. The van der Waals surface area contributed by atoms with Crippen molar-refractivity contribution in [3.63, 3.8) is 0 Å². The fraction of sp³-hybridized carbons (Fsp3) is 0.562. The predicted octanol–water partition coefficient (Wildman–Crippen LogP) is 0.825. The first-order chi connectivity index (χ1) is 10.7. The molecule has 0 fully saturated rings. The maximum absolute atomic E-state index is 11.9. The number of nitrogens with zero attached hydrogens (tertiary/aromatic N) is 1. The molecular formula is C16H24N2O4. The zero-order valence-electron chi connectivity index (χ0n) is 13.5. The minimum Gasteiger partial charge on any atom is -0.493 e. The van der Waals surface area contributed by atoms with Crippen molar-refractivity contribution in [1.29, 1.82) is 0 Å². The Bertz CT molecular complexity index is 519. The van der Waals surface area contributed by atoms with Crippen LogP contribution in [0.25, 0.3) is 0 Å². The van der Waals surface area contributed by atoms with Crippen LogP contribution in [0.4, 0.5) is 0 Å². The van der Waals surface area contributed by atoms with E-state index in [1.165, 1.54) is 11.1 Å². The number of rotatable bonds is 7. The number of benzene rings is 1. The van der Waals surface area contributed by atoms with Gasteiger partial charge in [-0.1, -0.05) is 0 Å². The fourth-order valence-electron chi connectivity index (χ4n) is 2.63. The lowest BCUT2D eigenvalue weighted by molar-refractivity contribution is -0.122. The van der Waals surface area contributed by atoms with Crippen LogP contribution in [-0.4, -0.2) is 58.4 Å². The maximum atomic E-state index is 11.9. The summed E-state index contributed by atoms with van der Waals surface area (Å²) in [5.41, 5.74) is 2.45. The van der Waals surface area contributed by atoms with Crippen molar-refractivity contribution >= 4 is 5.91 Å². The minimum absolute atomic E-state index is 0.0287. The van der Waals surface area contributed by atoms with Crippen LogP contribution in [0.15, 0.2) is 12.1 Å². The Morgan fingerprint density at radius 2 is 1.86 bits per heavy atom. The van der Waals surface area contributed by atoms with Crippen molar-refractivity contribution in [3.05, 3.63) is 23.3 Å². The van der Waals surface area contributed by atoms with Gasteiger partial charge in [-0.3, -0.25) is 9.69 Å². The summed E-state index contributed by atoms with van der Waals surface area (Å²) in [5, 5.41) is 2.85. The third-order valence-corrected chi connectivity index (χ3v) is 3.79. The van der Waals surface area contributed by atoms with Crippen molar-refractivity contribution in [3.8, 4) is 11.5 Å². The van der Waals surface area contributed by atoms with E-state index in [-0.39, 0.29) is 5.91 Å². The molecule has 122 valence electrons. The van der Waals surface area contributed by atoms with Gasteiger partial charge in [0, 0.05) is 26.7 Å². The van der Waals surface area contributed by atoms with Crippen LogP contribution >= 0.6 is 0 Å². The van der Waals surface area contributed by atoms with E-state index < -0.39 is 0 Å². The van der Waals surface area contributed by atoms with Gasteiger partial charge in [0.25, 0.3) is 0 Å².